The molecule has 1 spiro atoms. The maximum Gasteiger partial charge on any atom is 0.253 e. The SMILES string of the molecule is Cc1ccc(C2(O)CCN(c3cccn4nc(Nc5ccc(C(=O)N6CCC7(CC6)CNC7)cc5)nc34)CC2)cc1. The van der Waals surface area contributed by atoms with Crippen LogP contribution in [-0.2, 0) is 5.60 Å². The minimum atomic E-state index is -0.812. The van der Waals surface area contributed by atoms with Crippen molar-refractivity contribution in [1.82, 2.24) is 24.8 Å². The third-order valence-corrected chi connectivity index (χ3v) is 9.36. The Bertz CT molecular complexity index is 1540. The van der Waals surface area contributed by atoms with Gasteiger partial charge in [-0.1, -0.05) is 29.8 Å². The van der Waals surface area contributed by atoms with Crippen LogP contribution in [0.2, 0.25) is 0 Å². The number of hydrogen-bond donors (Lipinski definition) is 3. The van der Waals surface area contributed by atoms with E-state index in [1.54, 1.807) is 4.52 Å². The number of fused-ring (bicyclic) bond motifs is 1. The Morgan fingerprint density at radius 2 is 1.63 bits per heavy atom. The summed E-state index contributed by atoms with van der Waals surface area (Å²) in [5.74, 6) is 0.602. The number of piperidine rings is 2. The van der Waals surface area contributed by atoms with E-state index >= 15 is 0 Å². The van der Waals surface area contributed by atoms with Crippen molar-refractivity contribution in [3.63, 3.8) is 0 Å². The number of likely N-dealkylation sites (tertiary alicyclic amines) is 1. The molecule has 9 heteroatoms. The molecule has 212 valence electrons. The average molecular weight is 552 g/mol. The summed E-state index contributed by atoms with van der Waals surface area (Å²) in [6, 6.07) is 19.8. The Morgan fingerprint density at radius 1 is 0.927 bits per heavy atom. The summed E-state index contributed by atoms with van der Waals surface area (Å²) >= 11 is 0. The first kappa shape index (κ1) is 26.0. The molecule has 2 aromatic carbocycles. The van der Waals surface area contributed by atoms with E-state index in [9.17, 15) is 9.90 Å². The number of nitrogens with one attached hydrogen (secondary N) is 2. The molecular formula is C32H37N7O2. The van der Waals surface area contributed by atoms with E-state index in [0.29, 0.717) is 29.8 Å². The third-order valence-electron chi connectivity index (χ3n) is 9.36. The predicted molar refractivity (Wildman–Crippen MR) is 160 cm³/mol. The zero-order valence-electron chi connectivity index (χ0n) is 23.5. The lowest BCUT2D eigenvalue weighted by Gasteiger charge is -2.48. The van der Waals surface area contributed by atoms with Gasteiger partial charge in [-0.3, -0.25) is 4.79 Å². The van der Waals surface area contributed by atoms with Gasteiger partial charge < -0.3 is 25.5 Å². The Balaban J connectivity index is 1.01. The quantitative estimate of drug-likeness (QED) is 0.344. The van der Waals surface area contributed by atoms with Crippen LogP contribution in [0.5, 0.6) is 0 Å². The van der Waals surface area contributed by atoms with Gasteiger partial charge in [0.1, 0.15) is 0 Å². The summed E-state index contributed by atoms with van der Waals surface area (Å²) in [6.45, 7) is 7.35. The first-order valence-electron chi connectivity index (χ1n) is 14.7. The third kappa shape index (κ3) is 4.93. The monoisotopic (exact) mass is 551 g/mol. The van der Waals surface area contributed by atoms with Crippen LogP contribution in [0, 0.1) is 12.3 Å². The van der Waals surface area contributed by atoms with E-state index in [-0.39, 0.29) is 5.91 Å². The molecule has 0 bridgehead atoms. The fourth-order valence-electron chi connectivity index (χ4n) is 6.49. The average Bonchev–Trinajstić information content (AvgIpc) is 3.40. The molecule has 0 aliphatic carbocycles. The van der Waals surface area contributed by atoms with Crippen molar-refractivity contribution in [2.45, 2.75) is 38.2 Å². The lowest BCUT2D eigenvalue weighted by molar-refractivity contribution is 0.0118. The number of benzene rings is 2. The van der Waals surface area contributed by atoms with Crippen molar-refractivity contribution >= 4 is 28.9 Å². The summed E-state index contributed by atoms with van der Waals surface area (Å²) in [5.41, 5.74) is 5.10. The second-order valence-corrected chi connectivity index (χ2v) is 12.1. The fraction of sp³-hybridized carbons (Fsp3) is 0.406. The van der Waals surface area contributed by atoms with E-state index in [1.807, 2.05) is 53.6 Å². The van der Waals surface area contributed by atoms with Gasteiger partial charge in [0.2, 0.25) is 5.95 Å². The summed E-state index contributed by atoms with van der Waals surface area (Å²) < 4.78 is 1.79. The Morgan fingerprint density at radius 3 is 2.29 bits per heavy atom. The molecule has 41 heavy (non-hydrogen) atoms. The zero-order chi connectivity index (χ0) is 28.0. The Labute approximate surface area is 240 Å². The number of carbonyl (C=O) groups excluding carboxylic acids is 1. The highest BCUT2D eigenvalue weighted by Crippen LogP contribution is 2.37. The van der Waals surface area contributed by atoms with E-state index < -0.39 is 5.60 Å². The second kappa shape index (κ2) is 10.2. The predicted octanol–water partition coefficient (Wildman–Crippen LogP) is 4.09. The van der Waals surface area contributed by atoms with Crippen molar-refractivity contribution < 1.29 is 9.90 Å². The van der Waals surface area contributed by atoms with Crippen molar-refractivity contribution in [3.8, 4) is 0 Å². The topological polar surface area (TPSA) is 98.0 Å². The lowest BCUT2D eigenvalue weighted by Crippen LogP contribution is -2.58. The van der Waals surface area contributed by atoms with Crippen LogP contribution in [-0.4, -0.2) is 69.8 Å². The molecule has 3 saturated heterocycles. The van der Waals surface area contributed by atoms with Gasteiger partial charge in [0.05, 0.1) is 11.3 Å². The van der Waals surface area contributed by atoms with E-state index in [1.165, 1.54) is 5.56 Å². The highest BCUT2D eigenvalue weighted by molar-refractivity contribution is 5.94. The number of amides is 1. The molecule has 9 nitrogen and oxygen atoms in total. The van der Waals surface area contributed by atoms with Gasteiger partial charge in [-0.2, -0.15) is 4.98 Å². The summed E-state index contributed by atoms with van der Waals surface area (Å²) in [7, 11) is 0. The van der Waals surface area contributed by atoms with E-state index in [2.05, 4.69) is 45.8 Å². The second-order valence-electron chi connectivity index (χ2n) is 12.1. The number of hydrogen-bond acceptors (Lipinski definition) is 7. The Kier molecular flexibility index (Phi) is 6.43. The summed E-state index contributed by atoms with van der Waals surface area (Å²) in [6.07, 6.45) is 5.36. The normalized spacial score (nSPS) is 19.8. The molecule has 0 unspecified atom stereocenters. The van der Waals surface area contributed by atoms with Gasteiger partial charge >= 0.3 is 0 Å². The van der Waals surface area contributed by atoms with Crippen LogP contribution in [0.3, 0.4) is 0 Å². The number of pyridine rings is 1. The molecule has 0 atom stereocenters. The van der Waals surface area contributed by atoms with Gasteiger partial charge in [0, 0.05) is 56.7 Å². The van der Waals surface area contributed by atoms with E-state index in [4.69, 9.17) is 4.98 Å². The van der Waals surface area contributed by atoms with Crippen LogP contribution >= 0.6 is 0 Å². The lowest BCUT2D eigenvalue weighted by atomic mass is 9.73. The smallest absolute Gasteiger partial charge is 0.253 e. The molecule has 3 fully saturated rings. The minimum Gasteiger partial charge on any atom is -0.385 e. The van der Waals surface area contributed by atoms with Gasteiger partial charge in [-0.15, -0.1) is 5.10 Å². The van der Waals surface area contributed by atoms with Crippen LogP contribution in [0.1, 0.15) is 47.2 Å². The number of nitrogens with zero attached hydrogens (tertiary/aromatic N) is 5. The first-order chi connectivity index (χ1) is 19.9. The molecule has 0 radical (unpaired) electrons. The molecule has 3 N–H and O–H groups in total. The Hall–Kier alpha value is -3.95. The summed E-state index contributed by atoms with van der Waals surface area (Å²) in [4.78, 5) is 22.1. The minimum absolute atomic E-state index is 0.102. The number of aryl methyl sites for hydroxylation is 1. The van der Waals surface area contributed by atoms with Crippen LogP contribution in [0.25, 0.3) is 5.65 Å². The van der Waals surface area contributed by atoms with Crippen LogP contribution in [0.4, 0.5) is 17.3 Å². The molecule has 5 heterocycles. The van der Waals surface area contributed by atoms with Crippen molar-refractivity contribution in [2.75, 3.05) is 49.5 Å². The molecule has 4 aromatic rings. The highest BCUT2D eigenvalue weighted by atomic mass is 16.3. The standard InChI is InChI=1S/C32H37N7O2/c1-23-4-8-25(9-5-23)32(41)14-19-37(20-15-32)27-3-2-16-39-28(27)35-30(36-39)34-26-10-6-24(7-11-26)29(40)38-17-12-31(13-18-38)21-33-22-31/h2-11,16,33,41H,12-15,17-22H2,1H3,(H,34,36). The number of carbonyl (C=O) groups is 1. The molecule has 0 saturated carbocycles. The maximum atomic E-state index is 13.1. The van der Waals surface area contributed by atoms with Crippen molar-refractivity contribution in [2.24, 2.45) is 5.41 Å². The van der Waals surface area contributed by atoms with Crippen LogP contribution < -0.4 is 15.5 Å². The number of anilines is 3. The molecule has 3 aliphatic heterocycles. The largest absolute Gasteiger partial charge is 0.385 e. The van der Waals surface area contributed by atoms with E-state index in [0.717, 1.165) is 74.7 Å². The molecule has 1 amide bonds. The molecule has 7 rings (SSSR count). The maximum absolute atomic E-state index is 13.1. The fourth-order valence-corrected chi connectivity index (χ4v) is 6.49. The zero-order valence-corrected chi connectivity index (χ0v) is 23.5. The van der Waals surface area contributed by atoms with Crippen LogP contribution in [0.15, 0.2) is 66.9 Å². The number of aliphatic hydroxyl groups is 1. The molecule has 3 aliphatic rings. The highest BCUT2D eigenvalue weighted by Gasteiger charge is 2.40. The van der Waals surface area contributed by atoms with Crippen molar-refractivity contribution in [3.05, 3.63) is 83.6 Å². The van der Waals surface area contributed by atoms with Gasteiger partial charge in [-0.25, -0.2) is 4.52 Å². The van der Waals surface area contributed by atoms with Gasteiger partial charge in [0.15, 0.2) is 5.65 Å². The molecule has 2 aromatic heterocycles. The molecular weight excluding hydrogens is 514 g/mol. The first-order valence-corrected chi connectivity index (χ1v) is 14.7. The summed E-state index contributed by atoms with van der Waals surface area (Å²) in [5, 5.41) is 22.7. The van der Waals surface area contributed by atoms with Gasteiger partial charge in [-0.05, 0) is 80.0 Å². The van der Waals surface area contributed by atoms with Crippen molar-refractivity contribution in [1.29, 1.82) is 0 Å². The number of rotatable bonds is 5. The van der Waals surface area contributed by atoms with Gasteiger partial charge in [0.25, 0.3) is 5.91 Å². The number of aromatic nitrogens is 3.